The van der Waals surface area contributed by atoms with E-state index in [9.17, 15) is 14.4 Å². The van der Waals surface area contributed by atoms with Crippen molar-refractivity contribution in [3.8, 4) is 0 Å². The molecule has 0 heterocycles. The predicted octanol–water partition coefficient (Wildman–Crippen LogP) is 8.14. The Morgan fingerprint density at radius 2 is 1.50 bits per heavy atom. The van der Waals surface area contributed by atoms with E-state index in [0.717, 1.165) is 21.7 Å². The number of thioether (sulfide) groups is 1. The summed E-state index contributed by atoms with van der Waals surface area (Å²) in [5.74, 6) is -1.17. The molecule has 0 fully saturated rings. The summed E-state index contributed by atoms with van der Waals surface area (Å²) in [6.07, 6.45) is 1.44. The molecule has 0 bridgehead atoms. The van der Waals surface area contributed by atoms with E-state index in [4.69, 9.17) is 23.2 Å². The number of hydrogen-bond donors (Lipinski definition) is 3. The van der Waals surface area contributed by atoms with Crippen molar-refractivity contribution in [3.05, 3.63) is 129 Å². The molecule has 4 aromatic carbocycles. The van der Waals surface area contributed by atoms with Crippen LogP contribution in [0, 0.1) is 13.8 Å². The van der Waals surface area contributed by atoms with Crippen molar-refractivity contribution in [3.63, 3.8) is 0 Å². The van der Waals surface area contributed by atoms with Crippen LogP contribution in [0.1, 0.15) is 34.0 Å². The van der Waals surface area contributed by atoms with Gasteiger partial charge in [0.1, 0.15) is 5.70 Å². The lowest BCUT2D eigenvalue weighted by molar-refractivity contribution is -0.115. The number of benzene rings is 4. The Morgan fingerprint density at radius 3 is 2.21 bits per heavy atom. The average molecular weight is 619 g/mol. The van der Waals surface area contributed by atoms with Crippen LogP contribution in [0.4, 0.5) is 11.4 Å². The number of halogens is 2. The third-order valence-electron chi connectivity index (χ3n) is 6.24. The molecule has 0 radical (unpaired) electrons. The summed E-state index contributed by atoms with van der Waals surface area (Å²) in [4.78, 5) is 40.1. The predicted molar refractivity (Wildman–Crippen MR) is 173 cm³/mol. The van der Waals surface area contributed by atoms with Crippen LogP contribution in [0.2, 0.25) is 10.0 Å². The average Bonchev–Trinajstić information content (AvgIpc) is 2.96. The topological polar surface area (TPSA) is 87.3 Å². The Labute approximate surface area is 259 Å². The maximum atomic E-state index is 13.5. The number of amides is 3. The van der Waals surface area contributed by atoms with Gasteiger partial charge in [-0.3, -0.25) is 14.4 Å². The first-order valence-corrected chi connectivity index (χ1v) is 14.7. The maximum absolute atomic E-state index is 13.5. The number of carbonyl (C=O) groups excluding carboxylic acids is 3. The van der Waals surface area contributed by atoms with Gasteiger partial charge in [-0.05, 0) is 86.5 Å². The normalized spacial score (nSPS) is 11.9. The van der Waals surface area contributed by atoms with Crippen LogP contribution in [0.5, 0.6) is 0 Å². The summed E-state index contributed by atoms with van der Waals surface area (Å²) in [5.41, 5.74) is 4.04. The van der Waals surface area contributed by atoms with Gasteiger partial charge >= 0.3 is 0 Å². The molecular weight excluding hydrogens is 589 g/mol. The van der Waals surface area contributed by atoms with Gasteiger partial charge in [0.05, 0.1) is 5.25 Å². The van der Waals surface area contributed by atoms with E-state index in [1.165, 1.54) is 17.8 Å². The lowest BCUT2D eigenvalue weighted by Gasteiger charge is -2.15. The number of aryl methyl sites for hydroxylation is 2. The lowest BCUT2D eigenvalue weighted by Crippen LogP contribution is -2.30. The van der Waals surface area contributed by atoms with Gasteiger partial charge in [-0.1, -0.05) is 65.7 Å². The molecule has 0 aliphatic rings. The van der Waals surface area contributed by atoms with Crippen molar-refractivity contribution in [2.24, 2.45) is 0 Å². The van der Waals surface area contributed by atoms with Gasteiger partial charge in [0.25, 0.3) is 11.8 Å². The standard InChI is InChI=1S/C33H29Cl2N3O3S/c1-20-15-16-21(2)29(17-20)37-31(39)22(3)42-25-12-7-11-24(18-25)36-33(41)30(19-26-27(34)13-8-14-28(26)35)38-32(40)23-9-5-4-6-10-23/h4-19,22H,1-3H3,(H,36,41)(H,37,39)(H,38,40)/b30-19+. The highest BCUT2D eigenvalue weighted by molar-refractivity contribution is 8.00. The zero-order valence-corrected chi connectivity index (χ0v) is 25.5. The van der Waals surface area contributed by atoms with Crippen LogP contribution in [-0.4, -0.2) is 23.0 Å². The summed E-state index contributed by atoms with van der Waals surface area (Å²) in [7, 11) is 0. The molecule has 3 amide bonds. The van der Waals surface area contributed by atoms with Crippen LogP contribution in [0.3, 0.4) is 0 Å². The number of anilines is 2. The fraction of sp³-hybridized carbons (Fsp3) is 0.121. The van der Waals surface area contributed by atoms with Crippen molar-refractivity contribution in [2.45, 2.75) is 30.9 Å². The highest BCUT2D eigenvalue weighted by Crippen LogP contribution is 2.29. The molecule has 9 heteroatoms. The second-order valence-corrected chi connectivity index (χ2v) is 11.8. The summed E-state index contributed by atoms with van der Waals surface area (Å²) < 4.78 is 0. The summed E-state index contributed by atoms with van der Waals surface area (Å²) in [6.45, 7) is 5.75. The first kappa shape index (κ1) is 30.9. The quantitative estimate of drug-likeness (QED) is 0.131. The first-order valence-electron chi connectivity index (χ1n) is 13.1. The number of nitrogens with one attached hydrogen (secondary N) is 3. The monoisotopic (exact) mass is 617 g/mol. The van der Waals surface area contributed by atoms with E-state index in [0.29, 0.717) is 26.9 Å². The van der Waals surface area contributed by atoms with Gasteiger partial charge in [0, 0.05) is 37.4 Å². The Hall–Kier alpha value is -4.04. The Kier molecular flexibility index (Phi) is 10.5. The molecule has 0 aliphatic carbocycles. The minimum Gasteiger partial charge on any atom is -0.325 e. The van der Waals surface area contributed by atoms with Crippen molar-refractivity contribution in [1.82, 2.24) is 5.32 Å². The molecule has 0 saturated carbocycles. The molecule has 4 rings (SSSR count). The van der Waals surface area contributed by atoms with E-state index in [-0.39, 0.29) is 11.6 Å². The van der Waals surface area contributed by atoms with Crippen LogP contribution in [-0.2, 0) is 9.59 Å². The molecule has 3 N–H and O–H groups in total. The molecule has 0 spiro atoms. The molecule has 1 unspecified atom stereocenters. The number of carbonyl (C=O) groups is 3. The minimum absolute atomic E-state index is 0.0434. The first-order chi connectivity index (χ1) is 20.1. The van der Waals surface area contributed by atoms with Crippen molar-refractivity contribution in [2.75, 3.05) is 10.6 Å². The lowest BCUT2D eigenvalue weighted by atomic mass is 10.1. The minimum atomic E-state index is -0.571. The Morgan fingerprint density at radius 1 is 0.810 bits per heavy atom. The summed E-state index contributed by atoms with van der Waals surface area (Å²) >= 11 is 14.1. The molecule has 42 heavy (non-hydrogen) atoms. The van der Waals surface area contributed by atoms with Crippen LogP contribution in [0.25, 0.3) is 6.08 Å². The van der Waals surface area contributed by atoms with Gasteiger partial charge in [-0.2, -0.15) is 0 Å². The zero-order valence-electron chi connectivity index (χ0n) is 23.2. The zero-order chi connectivity index (χ0) is 30.2. The van der Waals surface area contributed by atoms with Crippen molar-refractivity contribution < 1.29 is 14.4 Å². The summed E-state index contributed by atoms with van der Waals surface area (Å²) in [5, 5.41) is 8.77. The number of hydrogen-bond acceptors (Lipinski definition) is 4. The van der Waals surface area contributed by atoms with E-state index < -0.39 is 17.1 Å². The van der Waals surface area contributed by atoms with Crippen LogP contribution >= 0.6 is 35.0 Å². The molecule has 1 atom stereocenters. The van der Waals surface area contributed by atoms with Crippen LogP contribution < -0.4 is 16.0 Å². The molecule has 214 valence electrons. The fourth-order valence-corrected chi connectivity index (χ4v) is 5.38. The second kappa shape index (κ2) is 14.2. The molecule has 6 nitrogen and oxygen atoms in total. The highest BCUT2D eigenvalue weighted by atomic mass is 35.5. The summed E-state index contributed by atoms with van der Waals surface area (Å²) in [6, 6.07) is 26.6. The third kappa shape index (κ3) is 8.26. The molecular formula is C33H29Cl2N3O3S. The Balaban J connectivity index is 1.52. The largest absolute Gasteiger partial charge is 0.325 e. The van der Waals surface area contributed by atoms with Gasteiger partial charge < -0.3 is 16.0 Å². The molecule has 4 aromatic rings. The molecule has 0 saturated heterocycles. The Bertz CT molecular complexity index is 1640. The van der Waals surface area contributed by atoms with E-state index >= 15 is 0 Å². The molecule has 0 aliphatic heterocycles. The molecule has 0 aromatic heterocycles. The van der Waals surface area contributed by atoms with Crippen molar-refractivity contribution in [1.29, 1.82) is 0 Å². The highest BCUT2D eigenvalue weighted by Gasteiger charge is 2.19. The number of rotatable bonds is 9. The maximum Gasteiger partial charge on any atom is 0.272 e. The SMILES string of the molecule is Cc1ccc(C)c(NC(=O)C(C)Sc2cccc(NC(=O)/C(=C\c3c(Cl)cccc3Cl)NC(=O)c3ccccc3)c2)c1. The van der Waals surface area contributed by atoms with Crippen molar-refractivity contribution >= 4 is 70.1 Å². The third-order valence-corrected chi connectivity index (χ3v) is 8.00. The second-order valence-electron chi connectivity index (χ2n) is 9.56. The van der Waals surface area contributed by atoms with E-state index in [1.54, 1.807) is 66.7 Å². The van der Waals surface area contributed by atoms with E-state index in [1.807, 2.05) is 45.0 Å². The van der Waals surface area contributed by atoms with E-state index in [2.05, 4.69) is 16.0 Å². The smallest absolute Gasteiger partial charge is 0.272 e. The van der Waals surface area contributed by atoms with Crippen LogP contribution in [0.15, 0.2) is 102 Å². The van der Waals surface area contributed by atoms with Gasteiger partial charge in [-0.15, -0.1) is 11.8 Å². The van der Waals surface area contributed by atoms with Gasteiger partial charge in [-0.25, -0.2) is 0 Å². The fourth-order valence-electron chi connectivity index (χ4n) is 3.94. The van der Waals surface area contributed by atoms with Gasteiger partial charge in [0.2, 0.25) is 5.91 Å². The van der Waals surface area contributed by atoms with Gasteiger partial charge in [0.15, 0.2) is 0 Å².